The molecule has 0 saturated carbocycles. The average molecular weight is 362 g/mol. The van der Waals surface area contributed by atoms with Gasteiger partial charge in [0.15, 0.2) is 11.5 Å². The van der Waals surface area contributed by atoms with Crippen LogP contribution in [0.5, 0.6) is 17.2 Å². The monoisotopic (exact) mass is 361 g/mol. The molecular formula is C21H28O4. The number of rotatable bonds is 10. The Kier molecular flexibility index (Phi) is 2.59. The van der Waals surface area contributed by atoms with Crippen molar-refractivity contribution in [3.63, 3.8) is 0 Å². The van der Waals surface area contributed by atoms with Crippen molar-refractivity contribution in [3.8, 4) is 17.2 Å². The topological polar surface area (TPSA) is 47.9 Å². The van der Waals surface area contributed by atoms with Crippen LogP contribution in [0.15, 0.2) is 42.3 Å². The highest BCUT2D eigenvalue weighted by molar-refractivity contribution is 5.42. The van der Waals surface area contributed by atoms with E-state index in [-0.39, 0.29) is 11.6 Å². The molecule has 0 amide bonds. The predicted molar refractivity (Wildman–Crippen MR) is 99.8 cm³/mol. The lowest BCUT2D eigenvalue weighted by Gasteiger charge is -2.13. The van der Waals surface area contributed by atoms with Crippen molar-refractivity contribution in [2.24, 2.45) is 0 Å². The van der Waals surface area contributed by atoms with Crippen LogP contribution in [0, 0.1) is 6.92 Å². The van der Waals surface area contributed by atoms with Crippen LogP contribution in [-0.4, -0.2) is 31.9 Å². The smallest absolute Gasteiger partial charge is 0.160 e. The molecule has 4 nitrogen and oxygen atoms in total. The lowest BCUT2D eigenvalue weighted by Crippen LogP contribution is -2.17. The van der Waals surface area contributed by atoms with Gasteiger partial charge in [0.25, 0.3) is 0 Å². The molecule has 2 aromatic rings. The molecule has 2 rings (SSSR count). The van der Waals surface area contributed by atoms with Gasteiger partial charge in [-0.25, -0.2) is 0 Å². The first-order valence-corrected chi connectivity index (χ1v) is 7.22. The molecule has 1 N–H and O–H groups in total. The fourth-order valence-corrected chi connectivity index (χ4v) is 1.74. The molecule has 0 heterocycles. The predicted octanol–water partition coefficient (Wildman–Crippen LogP) is 4.16. The Bertz CT molecular complexity index is 1290. The van der Waals surface area contributed by atoms with Crippen LogP contribution >= 0.6 is 0 Å². The molecular weight excluding hydrogens is 316 g/mol. The van der Waals surface area contributed by atoms with E-state index in [2.05, 4.69) is 9.47 Å². The van der Waals surface area contributed by atoms with Crippen LogP contribution in [0.2, 0.25) is 0 Å². The van der Waals surface area contributed by atoms with Gasteiger partial charge in [-0.3, -0.25) is 0 Å². The number of benzene rings is 2. The average Bonchev–Trinajstić information content (AvgIpc) is 2.84. The van der Waals surface area contributed by atoms with Crippen molar-refractivity contribution in [1.29, 1.82) is 0 Å². The van der Waals surface area contributed by atoms with E-state index in [1.165, 1.54) is 6.92 Å². The third-order valence-electron chi connectivity index (χ3n) is 2.87. The molecule has 0 fully saturated rings. The van der Waals surface area contributed by atoms with Gasteiger partial charge < -0.3 is 19.3 Å². The number of hydrogen-bond donors (Lipinski definition) is 1. The van der Waals surface area contributed by atoms with Crippen molar-refractivity contribution in [2.45, 2.75) is 38.6 Å². The van der Waals surface area contributed by atoms with Crippen molar-refractivity contribution in [1.82, 2.24) is 0 Å². The van der Waals surface area contributed by atoms with Gasteiger partial charge in [0.2, 0.25) is 0 Å². The summed E-state index contributed by atoms with van der Waals surface area (Å²) in [5.41, 5.74) is -0.877. The molecule has 25 heavy (non-hydrogen) atoms. The van der Waals surface area contributed by atoms with Crippen LogP contribution < -0.4 is 14.2 Å². The molecule has 4 heteroatoms. The standard InChI is InChI=1S/C21H28O4/c1-16-7-6-10-19(13-16)25-15-18(22)9-5-4-8-17-11-12-20(23-2)21(14-17)24-3/h6-7,10-14,18,22H,4-5,8-9,15H2,1-3H3/i2D3,3D3,6D,7D,8D2,9D2,10D,11D,12D,13D,14D. The third kappa shape index (κ3) is 6.31. The largest absolute Gasteiger partial charge is 0.493 e. The van der Waals surface area contributed by atoms with Crippen molar-refractivity contribution >= 4 is 0 Å². The highest BCUT2D eigenvalue weighted by Gasteiger charge is 2.07. The molecule has 0 aliphatic carbocycles. The van der Waals surface area contributed by atoms with E-state index in [1.54, 1.807) is 0 Å². The maximum atomic E-state index is 10.5. The quantitative estimate of drug-likeness (QED) is 0.690. The van der Waals surface area contributed by atoms with Gasteiger partial charge in [-0.05, 0) is 61.4 Å². The highest BCUT2D eigenvalue weighted by atomic mass is 16.5. The van der Waals surface area contributed by atoms with Crippen LogP contribution in [0.25, 0.3) is 0 Å². The summed E-state index contributed by atoms with van der Waals surface area (Å²) in [5.74, 6) is -2.67. The summed E-state index contributed by atoms with van der Waals surface area (Å²) >= 11 is 0. The molecule has 1 unspecified atom stereocenters. The summed E-state index contributed by atoms with van der Waals surface area (Å²) in [4.78, 5) is 0. The van der Waals surface area contributed by atoms with E-state index >= 15 is 0 Å². The number of hydrogen-bond acceptors (Lipinski definition) is 4. The van der Waals surface area contributed by atoms with Crippen molar-refractivity contribution in [2.75, 3.05) is 20.7 Å². The lowest BCUT2D eigenvalue weighted by atomic mass is 10.0. The van der Waals surface area contributed by atoms with E-state index < -0.39 is 111 Å². The SMILES string of the molecule is [2H]c1c([2H])c(C)c([2H])c(OCC(O)C([2H])([2H])CCC([2H])([2H])c2c([2H])c([2H])c(OC([2H])([2H])[2H])c(OC([2H])([2H])[2H])c2[2H])c1[2H]. The van der Waals surface area contributed by atoms with Crippen molar-refractivity contribution in [3.05, 3.63) is 53.4 Å². The summed E-state index contributed by atoms with van der Waals surface area (Å²) in [6.07, 6.45) is -9.01. The zero-order chi connectivity index (χ0) is 32.7. The molecule has 0 aromatic heterocycles. The maximum absolute atomic E-state index is 10.5. The van der Waals surface area contributed by atoms with Crippen LogP contribution in [0.3, 0.4) is 0 Å². The van der Waals surface area contributed by atoms with Crippen LogP contribution in [-0.2, 0) is 6.37 Å². The number of aliphatic hydroxyl groups is 1. The Labute approximate surface area is 174 Å². The van der Waals surface area contributed by atoms with Gasteiger partial charge in [-0.2, -0.15) is 0 Å². The molecule has 1 atom stereocenters. The zero-order valence-corrected chi connectivity index (χ0v) is 13.4. The van der Waals surface area contributed by atoms with Gasteiger partial charge >= 0.3 is 0 Å². The van der Waals surface area contributed by atoms with Gasteiger partial charge in [0.1, 0.15) is 12.4 Å². The van der Waals surface area contributed by atoms with Gasteiger partial charge in [0.05, 0.1) is 38.0 Å². The number of aliphatic hydroxyl groups excluding tert-OH is 1. The van der Waals surface area contributed by atoms with E-state index in [4.69, 9.17) is 28.0 Å². The molecule has 136 valence electrons. The first-order valence-electron chi connectivity index (χ1n) is 15.7. The van der Waals surface area contributed by atoms with Gasteiger partial charge in [-0.15, -0.1) is 0 Å². The molecule has 2 aromatic carbocycles. The van der Waals surface area contributed by atoms with Crippen molar-refractivity contribution < 1.29 is 42.6 Å². The second-order valence-electron chi connectivity index (χ2n) is 4.77. The van der Waals surface area contributed by atoms with E-state index in [1.807, 2.05) is 0 Å². The summed E-state index contributed by atoms with van der Waals surface area (Å²) in [6.45, 7) is 0.526. The Morgan fingerprint density at radius 3 is 2.80 bits per heavy atom. The Morgan fingerprint density at radius 1 is 1.12 bits per heavy atom. The minimum absolute atomic E-state index is 0.0278. The zero-order valence-electron chi connectivity index (χ0n) is 30.4. The third-order valence-corrected chi connectivity index (χ3v) is 2.87. The second-order valence-corrected chi connectivity index (χ2v) is 4.77. The van der Waals surface area contributed by atoms with E-state index in [0.29, 0.717) is 0 Å². The minimum Gasteiger partial charge on any atom is -0.493 e. The molecule has 0 aliphatic heterocycles. The molecule has 0 bridgehead atoms. The van der Waals surface area contributed by atoms with Gasteiger partial charge in [0, 0.05) is 5.48 Å². The molecule has 0 radical (unpaired) electrons. The van der Waals surface area contributed by atoms with Crippen LogP contribution in [0.4, 0.5) is 0 Å². The Hall–Kier alpha value is -2.20. The number of ether oxygens (including phenoxy) is 3. The lowest BCUT2D eigenvalue weighted by molar-refractivity contribution is 0.0976. The fourth-order valence-electron chi connectivity index (χ4n) is 1.74. The summed E-state index contributed by atoms with van der Waals surface area (Å²) in [7, 11) is -6.54. The van der Waals surface area contributed by atoms with Gasteiger partial charge in [-0.1, -0.05) is 24.5 Å². The van der Waals surface area contributed by atoms with E-state index in [9.17, 15) is 5.11 Å². The number of methoxy groups -OCH3 is 2. The highest BCUT2D eigenvalue weighted by Crippen LogP contribution is 2.28. The maximum Gasteiger partial charge on any atom is 0.160 e. The Morgan fingerprint density at radius 2 is 1.96 bits per heavy atom. The first-order chi connectivity index (χ1) is 18.8. The molecule has 0 saturated heterocycles. The second kappa shape index (κ2) is 9.94. The van der Waals surface area contributed by atoms with E-state index in [0.717, 1.165) is 0 Å². The normalized spacial score (nSPS) is 23.8. The summed E-state index contributed by atoms with van der Waals surface area (Å²) in [5, 5.41) is 10.5. The summed E-state index contributed by atoms with van der Waals surface area (Å²) in [6, 6.07) is -5.13. The first kappa shape index (κ1) is 6.51. The summed E-state index contributed by atoms with van der Waals surface area (Å²) < 4.78 is 148. The van der Waals surface area contributed by atoms with Crippen LogP contribution in [0.1, 0.15) is 53.6 Å². The minimum atomic E-state index is -3.29. The molecule has 0 spiro atoms. The Balaban J connectivity index is 2.38. The fraction of sp³-hybridized carbons (Fsp3) is 0.429. The molecule has 0 aliphatic rings.